The van der Waals surface area contributed by atoms with E-state index in [1.165, 1.54) is 0 Å². The van der Waals surface area contributed by atoms with Crippen molar-refractivity contribution >= 4 is 5.91 Å². The minimum Gasteiger partial charge on any atom is -0.484 e. The van der Waals surface area contributed by atoms with Crippen LogP contribution >= 0.6 is 0 Å². The smallest absolute Gasteiger partial charge is 0.257 e. The lowest BCUT2D eigenvalue weighted by molar-refractivity contribution is -0.123. The van der Waals surface area contributed by atoms with Crippen molar-refractivity contribution in [2.24, 2.45) is 5.92 Å². The van der Waals surface area contributed by atoms with Crippen molar-refractivity contribution in [3.05, 3.63) is 29.8 Å². The summed E-state index contributed by atoms with van der Waals surface area (Å²) in [6, 6.07) is 7.71. The van der Waals surface area contributed by atoms with Crippen molar-refractivity contribution in [2.75, 3.05) is 13.2 Å². The van der Waals surface area contributed by atoms with Crippen LogP contribution in [0.3, 0.4) is 0 Å². The van der Waals surface area contributed by atoms with Gasteiger partial charge in [-0.15, -0.1) is 0 Å². The van der Waals surface area contributed by atoms with Gasteiger partial charge in [0.25, 0.3) is 5.91 Å². The first-order valence-corrected chi connectivity index (χ1v) is 6.61. The Balaban J connectivity index is 2.29. The predicted molar refractivity (Wildman–Crippen MR) is 73.8 cm³/mol. The van der Waals surface area contributed by atoms with E-state index in [-0.39, 0.29) is 12.5 Å². The minimum atomic E-state index is -0.0524. The molecule has 1 aromatic carbocycles. The molecular formula is C15H23NO2. The van der Waals surface area contributed by atoms with E-state index < -0.39 is 0 Å². The number of carbonyl (C=O) groups is 1. The van der Waals surface area contributed by atoms with Crippen molar-refractivity contribution in [3.8, 4) is 5.75 Å². The maximum atomic E-state index is 11.6. The van der Waals surface area contributed by atoms with Crippen LogP contribution in [-0.2, 0) is 4.79 Å². The van der Waals surface area contributed by atoms with Crippen molar-refractivity contribution in [1.82, 2.24) is 5.32 Å². The first-order valence-electron chi connectivity index (χ1n) is 6.61. The molecule has 1 N–H and O–H groups in total. The number of benzene rings is 1. The molecule has 0 unspecified atom stereocenters. The van der Waals surface area contributed by atoms with Crippen LogP contribution in [0.4, 0.5) is 0 Å². The highest BCUT2D eigenvalue weighted by molar-refractivity contribution is 5.77. The highest BCUT2D eigenvalue weighted by atomic mass is 16.5. The Morgan fingerprint density at radius 1 is 1.33 bits per heavy atom. The van der Waals surface area contributed by atoms with Crippen LogP contribution in [0.15, 0.2) is 24.3 Å². The maximum Gasteiger partial charge on any atom is 0.257 e. The van der Waals surface area contributed by atoms with Gasteiger partial charge in [0.05, 0.1) is 0 Å². The average Bonchev–Trinajstić information content (AvgIpc) is 2.37. The number of nitrogens with one attached hydrogen (secondary N) is 1. The van der Waals surface area contributed by atoms with Crippen molar-refractivity contribution in [2.45, 2.75) is 33.6 Å². The van der Waals surface area contributed by atoms with Gasteiger partial charge in [-0.1, -0.05) is 38.8 Å². The zero-order chi connectivity index (χ0) is 13.4. The summed E-state index contributed by atoms with van der Waals surface area (Å²) in [5, 5.41) is 2.91. The molecule has 0 aliphatic carbocycles. The normalized spacial score (nSPS) is 10.4. The third-order valence-electron chi connectivity index (χ3n) is 3.10. The molecule has 0 atom stereocenters. The topological polar surface area (TPSA) is 38.3 Å². The molecule has 0 aromatic heterocycles. The summed E-state index contributed by atoms with van der Waals surface area (Å²) < 4.78 is 5.44. The quantitative estimate of drug-likeness (QED) is 0.807. The van der Waals surface area contributed by atoms with E-state index in [0.717, 1.165) is 30.7 Å². The van der Waals surface area contributed by atoms with Crippen molar-refractivity contribution < 1.29 is 9.53 Å². The maximum absolute atomic E-state index is 11.6. The first-order chi connectivity index (χ1) is 8.65. The second-order valence-electron chi connectivity index (χ2n) is 4.59. The largest absolute Gasteiger partial charge is 0.484 e. The molecule has 18 heavy (non-hydrogen) atoms. The standard InChI is InChI=1S/C15H23NO2/c1-4-13(5-2)10-16-15(17)11-18-14-8-6-7-12(3)9-14/h6-9,13H,4-5,10-11H2,1-3H3,(H,16,17). The lowest BCUT2D eigenvalue weighted by Crippen LogP contribution is -2.32. The molecule has 1 rings (SSSR count). The molecule has 0 aliphatic heterocycles. The summed E-state index contributed by atoms with van der Waals surface area (Å²) in [7, 11) is 0. The SMILES string of the molecule is CCC(CC)CNC(=O)COc1cccc(C)c1. The Morgan fingerprint density at radius 2 is 2.06 bits per heavy atom. The molecule has 0 bridgehead atoms. The van der Waals surface area contributed by atoms with Crippen molar-refractivity contribution in [3.63, 3.8) is 0 Å². The van der Waals surface area contributed by atoms with E-state index in [4.69, 9.17) is 4.74 Å². The highest BCUT2D eigenvalue weighted by Crippen LogP contribution is 2.12. The van der Waals surface area contributed by atoms with Crippen LogP contribution in [0.2, 0.25) is 0 Å². The number of ether oxygens (including phenoxy) is 1. The Kier molecular flexibility index (Phi) is 6.26. The molecule has 0 radical (unpaired) electrons. The van der Waals surface area contributed by atoms with Gasteiger partial charge in [-0.25, -0.2) is 0 Å². The Morgan fingerprint density at radius 3 is 2.67 bits per heavy atom. The lowest BCUT2D eigenvalue weighted by Gasteiger charge is -2.13. The molecule has 0 aliphatic rings. The molecule has 1 amide bonds. The molecule has 1 aromatic rings. The number of amides is 1. The van der Waals surface area contributed by atoms with Gasteiger partial charge in [0.2, 0.25) is 0 Å². The summed E-state index contributed by atoms with van der Waals surface area (Å²) in [5.74, 6) is 1.25. The number of carbonyl (C=O) groups excluding carboxylic acids is 1. The molecule has 0 heterocycles. The van der Waals surface area contributed by atoms with E-state index in [2.05, 4.69) is 19.2 Å². The van der Waals surface area contributed by atoms with Gasteiger partial charge < -0.3 is 10.1 Å². The number of aryl methyl sites for hydroxylation is 1. The predicted octanol–water partition coefficient (Wildman–Crippen LogP) is 2.93. The summed E-state index contributed by atoms with van der Waals surface area (Å²) in [6.07, 6.45) is 2.19. The van der Waals surface area contributed by atoms with Gasteiger partial charge in [-0.3, -0.25) is 4.79 Å². The summed E-state index contributed by atoms with van der Waals surface area (Å²) in [6.45, 7) is 7.11. The molecule has 0 saturated carbocycles. The zero-order valence-corrected chi connectivity index (χ0v) is 11.5. The Bertz CT molecular complexity index is 373. The van der Waals surface area contributed by atoms with Gasteiger partial charge in [0, 0.05) is 6.54 Å². The monoisotopic (exact) mass is 249 g/mol. The van der Waals surface area contributed by atoms with Gasteiger partial charge >= 0.3 is 0 Å². The third-order valence-corrected chi connectivity index (χ3v) is 3.10. The van der Waals surface area contributed by atoms with E-state index in [1.807, 2.05) is 31.2 Å². The molecule has 3 heteroatoms. The van der Waals surface area contributed by atoms with E-state index in [1.54, 1.807) is 0 Å². The third kappa shape index (κ3) is 5.21. The second-order valence-corrected chi connectivity index (χ2v) is 4.59. The fourth-order valence-corrected chi connectivity index (χ4v) is 1.74. The Hall–Kier alpha value is -1.51. The summed E-state index contributed by atoms with van der Waals surface area (Å²) >= 11 is 0. The van der Waals surface area contributed by atoms with Crippen LogP contribution in [0.5, 0.6) is 5.75 Å². The van der Waals surface area contributed by atoms with Gasteiger partial charge in [0.15, 0.2) is 6.61 Å². The summed E-state index contributed by atoms with van der Waals surface area (Å²) in [5.41, 5.74) is 1.13. The molecule has 100 valence electrons. The lowest BCUT2D eigenvalue weighted by atomic mass is 10.0. The van der Waals surface area contributed by atoms with E-state index in [9.17, 15) is 4.79 Å². The minimum absolute atomic E-state index is 0.0524. The first kappa shape index (κ1) is 14.6. The zero-order valence-electron chi connectivity index (χ0n) is 11.5. The molecule has 3 nitrogen and oxygen atoms in total. The number of rotatable bonds is 7. The van der Waals surface area contributed by atoms with Gasteiger partial charge in [-0.05, 0) is 30.5 Å². The van der Waals surface area contributed by atoms with Crippen LogP contribution < -0.4 is 10.1 Å². The fourth-order valence-electron chi connectivity index (χ4n) is 1.74. The van der Waals surface area contributed by atoms with Crippen LogP contribution in [0, 0.1) is 12.8 Å². The fraction of sp³-hybridized carbons (Fsp3) is 0.533. The second kappa shape index (κ2) is 7.75. The molecular weight excluding hydrogens is 226 g/mol. The molecule has 0 saturated heterocycles. The van der Waals surface area contributed by atoms with Crippen LogP contribution in [0.1, 0.15) is 32.3 Å². The van der Waals surface area contributed by atoms with E-state index >= 15 is 0 Å². The van der Waals surface area contributed by atoms with Crippen LogP contribution in [0.25, 0.3) is 0 Å². The van der Waals surface area contributed by atoms with Crippen molar-refractivity contribution in [1.29, 1.82) is 0 Å². The number of hydrogen-bond acceptors (Lipinski definition) is 2. The van der Waals surface area contributed by atoms with E-state index in [0.29, 0.717) is 5.92 Å². The molecule has 0 spiro atoms. The summed E-state index contributed by atoms with van der Waals surface area (Å²) in [4.78, 5) is 11.6. The average molecular weight is 249 g/mol. The molecule has 0 fully saturated rings. The van der Waals surface area contributed by atoms with Gasteiger partial charge in [0.1, 0.15) is 5.75 Å². The highest BCUT2D eigenvalue weighted by Gasteiger charge is 2.07. The Labute approximate surface area is 110 Å². The van der Waals surface area contributed by atoms with Crippen LogP contribution in [-0.4, -0.2) is 19.1 Å². The number of hydrogen-bond donors (Lipinski definition) is 1. The van der Waals surface area contributed by atoms with Gasteiger partial charge in [-0.2, -0.15) is 0 Å².